The monoisotopic (exact) mass is 354 g/mol. The lowest BCUT2D eigenvalue weighted by Gasteiger charge is -2.07. The van der Waals surface area contributed by atoms with Crippen molar-refractivity contribution in [3.63, 3.8) is 0 Å². The molecule has 1 N–H and O–H groups in total. The number of thiazole rings is 1. The van der Waals surface area contributed by atoms with Gasteiger partial charge in [-0.1, -0.05) is 29.5 Å². The molecule has 4 aromatic rings. The third-order valence-electron chi connectivity index (χ3n) is 4.02. The average Bonchev–Trinajstić information content (AvgIpc) is 3.24. The first-order valence-corrected chi connectivity index (χ1v) is 8.33. The van der Waals surface area contributed by atoms with Crippen LogP contribution in [0.4, 0.5) is 5.69 Å². The maximum Gasteiger partial charge on any atom is 0.295 e. The Kier molecular flexibility index (Phi) is 3.50. The molecule has 0 saturated heterocycles. The molecule has 3 heterocycles. The summed E-state index contributed by atoms with van der Waals surface area (Å²) >= 11 is 1.21. The van der Waals surface area contributed by atoms with E-state index in [-0.39, 0.29) is 11.1 Å². The number of benzene rings is 1. The van der Waals surface area contributed by atoms with Gasteiger partial charge in [0.05, 0.1) is 11.4 Å². The molecular formula is C16H14N6O2S. The Morgan fingerprint density at radius 2 is 1.92 bits per heavy atom. The second-order valence-corrected chi connectivity index (χ2v) is 6.46. The predicted octanol–water partition coefficient (Wildman–Crippen LogP) is 0.518. The lowest BCUT2D eigenvalue weighted by Crippen LogP contribution is -2.25. The molecule has 4 rings (SSSR count). The van der Waals surface area contributed by atoms with Gasteiger partial charge in [-0.05, 0) is 19.1 Å². The first-order valence-electron chi connectivity index (χ1n) is 7.51. The van der Waals surface area contributed by atoms with Crippen LogP contribution in [-0.2, 0) is 7.05 Å². The maximum atomic E-state index is 12.8. The van der Waals surface area contributed by atoms with Crippen LogP contribution in [0.2, 0.25) is 0 Å². The molecule has 3 aromatic heterocycles. The Morgan fingerprint density at radius 3 is 2.64 bits per heavy atom. The van der Waals surface area contributed by atoms with E-state index in [1.165, 1.54) is 28.4 Å². The van der Waals surface area contributed by atoms with Gasteiger partial charge >= 0.3 is 0 Å². The molecule has 0 bridgehead atoms. The summed E-state index contributed by atoms with van der Waals surface area (Å²) < 4.78 is 5.02. The Labute approximate surface area is 145 Å². The number of aromatic nitrogens is 5. The van der Waals surface area contributed by atoms with E-state index in [4.69, 9.17) is 0 Å². The number of anilines is 1. The molecule has 1 aromatic carbocycles. The molecule has 0 aliphatic rings. The van der Waals surface area contributed by atoms with E-state index in [2.05, 4.69) is 15.4 Å². The molecular weight excluding hydrogens is 340 g/mol. The molecule has 0 amide bonds. The van der Waals surface area contributed by atoms with E-state index in [0.717, 1.165) is 11.4 Å². The van der Waals surface area contributed by atoms with Gasteiger partial charge in [-0.15, -0.1) is 0 Å². The van der Waals surface area contributed by atoms with Crippen LogP contribution in [0.3, 0.4) is 0 Å². The van der Waals surface area contributed by atoms with Gasteiger partial charge in [-0.2, -0.15) is 9.61 Å². The Bertz CT molecular complexity index is 1230. The number of rotatable bonds is 3. The van der Waals surface area contributed by atoms with Gasteiger partial charge < -0.3 is 5.32 Å². The number of fused-ring (bicyclic) bond motifs is 1. The third kappa shape index (κ3) is 2.36. The normalized spacial score (nSPS) is 12.2. The third-order valence-corrected chi connectivity index (χ3v) is 5.00. The molecule has 0 radical (unpaired) electrons. The molecule has 126 valence electrons. The summed E-state index contributed by atoms with van der Waals surface area (Å²) in [6.45, 7) is 1.85. The van der Waals surface area contributed by atoms with Gasteiger partial charge in [-0.3, -0.25) is 14.3 Å². The second kappa shape index (κ2) is 5.71. The minimum Gasteiger partial charge on any atom is -0.354 e. The Hall–Kier alpha value is -3.20. The molecule has 9 heteroatoms. The zero-order chi connectivity index (χ0) is 17.6. The van der Waals surface area contributed by atoms with Gasteiger partial charge in [0, 0.05) is 13.2 Å². The van der Waals surface area contributed by atoms with E-state index in [1.807, 2.05) is 44.3 Å². The first kappa shape index (κ1) is 15.3. The quantitative estimate of drug-likeness (QED) is 0.580. The molecule has 0 spiro atoms. The summed E-state index contributed by atoms with van der Waals surface area (Å²) in [5, 5.41) is 6.86. The van der Waals surface area contributed by atoms with Crippen LogP contribution < -0.4 is 21.0 Å². The standard InChI is InChI=1S/C16H14N6O2S/c1-10-13(15(24)22(20(10)2)11-6-4-3-5-7-11)17-8-12-14(23)21-16(25-12)18-9-19-21/h3-9,17H,1-2H3/b12-8-. The summed E-state index contributed by atoms with van der Waals surface area (Å²) in [4.78, 5) is 29.5. The molecule has 8 nitrogen and oxygen atoms in total. The van der Waals surface area contributed by atoms with Gasteiger partial charge in [-0.25, -0.2) is 9.67 Å². The highest BCUT2D eigenvalue weighted by Crippen LogP contribution is 2.13. The second-order valence-electron chi connectivity index (χ2n) is 5.45. The Morgan fingerprint density at radius 1 is 1.16 bits per heavy atom. The number of hydrogen-bond acceptors (Lipinski definition) is 6. The van der Waals surface area contributed by atoms with Gasteiger partial charge in [0.15, 0.2) is 0 Å². The van der Waals surface area contributed by atoms with Crippen LogP contribution in [0.5, 0.6) is 0 Å². The fraction of sp³-hybridized carbons (Fsp3) is 0.125. The lowest BCUT2D eigenvalue weighted by molar-refractivity contribution is 0.630. The van der Waals surface area contributed by atoms with Crippen molar-refractivity contribution in [3.8, 4) is 5.69 Å². The molecule has 0 atom stereocenters. The molecule has 0 saturated carbocycles. The number of nitrogens with one attached hydrogen (secondary N) is 1. The summed E-state index contributed by atoms with van der Waals surface area (Å²) in [5.74, 6) is 0. The SMILES string of the molecule is Cc1c(N/C=c2\sc3ncnn3c2=O)c(=O)n(-c2ccccc2)n1C. The largest absolute Gasteiger partial charge is 0.354 e. The predicted molar refractivity (Wildman–Crippen MR) is 96.2 cm³/mol. The summed E-state index contributed by atoms with van der Waals surface area (Å²) in [7, 11) is 1.82. The minimum absolute atomic E-state index is 0.186. The van der Waals surface area contributed by atoms with E-state index < -0.39 is 0 Å². The van der Waals surface area contributed by atoms with E-state index in [0.29, 0.717) is 15.2 Å². The fourth-order valence-corrected chi connectivity index (χ4v) is 3.45. The van der Waals surface area contributed by atoms with Crippen LogP contribution in [0.15, 0.2) is 46.2 Å². The van der Waals surface area contributed by atoms with Crippen molar-refractivity contribution in [2.45, 2.75) is 6.92 Å². The van der Waals surface area contributed by atoms with Gasteiger partial charge in [0.1, 0.15) is 16.5 Å². The molecule has 0 unspecified atom stereocenters. The van der Waals surface area contributed by atoms with Crippen molar-refractivity contribution in [1.82, 2.24) is 24.0 Å². The summed E-state index contributed by atoms with van der Waals surface area (Å²) in [6.07, 6.45) is 2.87. The van der Waals surface area contributed by atoms with Crippen molar-refractivity contribution < 1.29 is 0 Å². The zero-order valence-corrected chi connectivity index (χ0v) is 14.3. The van der Waals surface area contributed by atoms with Gasteiger partial charge in [0.25, 0.3) is 11.1 Å². The first-order chi connectivity index (χ1) is 12.1. The molecule has 25 heavy (non-hydrogen) atoms. The van der Waals surface area contributed by atoms with Crippen molar-refractivity contribution in [2.75, 3.05) is 5.32 Å². The fourth-order valence-electron chi connectivity index (χ4n) is 2.65. The smallest absolute Gasteiger partial charge is 0.295 e. The number of para-hydroxylation sites is 1. The summed E-state index contributed by atoms with van der Waals surface area (Å²) in [5.41, 5.74) is 1.51. The van der Waals surface area contributed by atoms with E-state index in [1.54, 1.807) is 9.36 Å². The topological polar surface area (TPSA) is 86.2 Å². The Balaban J connectivity index is 1.81. The van der Waals surface area contributed by atoms with E-state index >= 15 is 0 Å². The molecule has 0 aliphatic heterocycles. The zero-order valence-electron chi connectivity index (χ0n) is 13.5. The van der Waals surface area contributed by atoms with Crippen LogP contribution in [0, 0.1) is 6.92 Å². The van der Waals surface area contributed by atoms with Crippen molar-refractivity contribution in [2.24, 2.45) is 7.05 Å². The van der Waals surface area contributed by atoms with Crippen LogP contribution in [0.25, 0.3) is 16.8 Å². The lowest BCUT2D eigenvalue weighted by atomic mass is 10.3. The highest BCUT2D eigenvalue weighted by atomic mass is 32.1. The molecule has 0 fully saturated rings. The number of hydrogen-bond donors (Lipinski definition) is 1. The van der Waals surface area contributed by atoms with Crippen molar-refractivity contribution in [3.05, 3.63) is 67.6 Å². The highest BCUT2D eigenvalue weighted by Gasteiger charge is 2.15. The average molecular weight is 354 g/mol. The summed E-state index contributed by atoms with van der Waals surface area (Å²) in [6, 6.07) is 9.38. The van der Waals surface area contributed by atoms with Crippen molar-refractivity contribution >= 4 is 28.2 Å². The number of nitrogens with zero attached hydrogens (tertiary/aromatic N) is 5. The minimum atomic E-state index is -0.262. The van der Waals surface area contributed by atoms with Crippen molar-refractivity contribution in [1.29, 1.82) is 0 Å². The van der Waals surface area contributed by atoms with E-state index in [9.17, 15) is 9.59 Å². The van der Waals surface area contributed by atoms with Crippen LogP contribution in [0.1, 0.15) is 5.69 Å². The maximum absolute atomic E-state index is 12.8. The highest BCUT2D eigenvalue weighted by molar-refractivity contribution is 7.15. The molecule has 0 aliphatic carbocycles. The van der Waals surface area contributed by atoms with Gasteiger partial charge in [0.2, 0.25) is 4.96 Å². The van der Waals surface area contributed by atoms with Crippen LogP contribution >= 0.6 is 11.3 Å². The van der Waals surface area contributed by atoms with Crippen LogP contribution in [-0.4, -0.2) is 24.0 Å².